The second-order valence-corrected chi connectivity index (χ2v) is 10.7. The fourth-order valence-electron chi connectivity index (χ4n) is 5.66. The molecule has 1 aromatic heterocycles. The van der Waals surface area contributed by atoms with Crippen LogP contribution in [-0.4, -0.2) is 78.0 Å². The third-order valence-corrected chi connectivity index (χ3v) is 7.86. The highest BCUT2D eigenvalue weighted by atomic mass is 16.2. The fourth-order valence-corrected chi connectivity index (χ4v) is 5.66. The SMILES string of the molecule is Cc1cc(C)nc(N2CCN(C(=O)c3cc(CN4CCN(c5ccccc5C#N)CC4)c(C)cc3C)CC2)n1. The van der Waals surface area contributed by atoms with Crippen LogP contribution in [0, 0.1) is 39.0 Å². The van der Waals surface area contributed by atoms with Crippen molar-refractivity contribution in [3.05, 3.63) is 81.7 Å². The minimum Gasteiger partial charge on any atom is -0.368 e. The van der Waals surface area contributed by atoms with Gasteiger partial charge in [-0.2, -0.15) is 5.26 Å². The van der Waals surface area contributed by atoms with Gasteiger partial charge in [-0.05, 0) is 68.7 Å². The first-order chi connectivity index (χ1) is 18.8. The summed E-state index contributed by atoms with van der Waals surface area (Å²) in [6, 6.07) is 16.4. The molecule has 39 heavy (non-hydrogen) atoms. The van der Waals surface area contributed by atoms with E-state index in [-0.39, 0.29) is 5.91 Å². The zero-order valence-electron chi connectivity index (χ0n) is 23.4. The van der Waals surface area contributed by atoms with Gasteiger partial charge in [0.15, 0.2) is 0 Å². The molecule has 2 aliphatic rings. The van der Waals surface area contributed by atoms with Crippen molar-refractivity contribution >= 4 is 17.5 Å². The summed E-state index contributed by atoms with van der Waals surface area (Å²) in [6.07, 6.45) is 0. The van der Waals surface area contributed by atoms with Crippen molar-refractivity contribution in [1.29, 1.82) is 5.26 Å². The molecule has 0 unspecified atom stereocenters. The lowest BCUT2D eigenvalue weighted by Gasteiger charge is -2.37. The number of hydrogen-bond acceptors (Lipinski definition) is 7. The van der Waals surface area contributed by atoms with Gasteiger partial charge in [0, 0.05) is 75.9 Å². The number of hydrogen-bond donors (Lipinski definition) is 0. The van der Waals surface area contributed by atoms with Gasteiger partial charge >= 0.3 is 0 Å². The van der Waals surface area contributed by atoms with E-state index < -0.39 is 0 Å². The van der Waals surface area contributed by atoms with Gasteiger partial charge in [-0.15, -0.1) is 0 Å². The average molecular weight is 524 g/mol. The van der Waals surface area contributed by atoms with E-state index in [9.17, 15) is 10.1 Å². The highest BCUT2D eigenvalue weighted by Crippen LogP contribution is 2.24. The van der Waals surface area contributed by atoms with Crippen LogP contribution in [0.2, 0.25) is 0 Å². The van der Waals surface area contributed by atoms with Crippen LogP contribution >= 0.6 is 0 Å². The van der Waals surface area contributed by atoms with E-state index in [1.165, 1.54) is 11.1 Å². The third kappa shape index (κ3) is 5.89. The lowest BCUT2D eigenvalue weighted by molar-refractivity contribution is 0.0745. The molecule has 8 nitrogen and oxygen atoms in total. The van der Waals surface area contributed by atoms with E-state index in [1.807, 2.05) is 56.0 Å². The number of aryl methyl sites for hydroxylation is 4. The number of nitrogens with zero attached hydrogens (tertiary/aromatic N) is 7. The number of piperazine rings is 2. The summed E-state index contributed by atoms with van der Waals surface area (Å²) in [5.41, 5.74) is 7.93. The topological polar surface area (TPSA) is 79.6 Å². The second-order valence-electron chi connectivity index (χ2n) is 10.7. The highest BCUT2D eigenvalue weighted by molar-refractivity contribution is 5.96. The molecular formula is C31H37N7O. The molecule has 3 heterocycles. The molecule has 202 valence electrons. The normalized spacial score (nSPS) is 16.3. The van der Waals surface area contributed by atoms with Crippen LogP contribution in [0.4, 0.5) is 11.6 Å². The predicted octanol–water partition coefficient (Wildman–Crippen LogP) is 3.87. The van der Waals surface area contributed by atoms with Crippen LogP contribution in [-0.2, 0) is 6.54 Å². The summed E-state index contributed by atoms with van der Waals surface area (Å²) >= 11 is 0. The first-order valence-electron chi connectivity index (χ1n) is 13.8. The zero-order valence-corrected chi connectivity index (χ0v) is 23.4. The molecule has 0 spiro atoms. The van der Waals surface area contributed by atoms with Gasteiger partial charge in [0.25, 0.3) is 5.91 Å². The number of benzene rings is 2. The Kier molecular flexibility index (Phi) is 7.80. The first kappa shape index (κ1) is 26.6. The molecule has 0 saturated carbocycles. The molecule has 5 rings (SSSR count). The second kappa shape index (κ2) is 11.4. The molecular weight excluding hydrogens is 486 g/mol. The summed E-state index contributed by atoms with van der Waals surface area (Å²) < 4.78 is 0. The van der Waals surface area contributed by atoms with Gasteiger partial charge in [-0.25, -0.2) is 9.97 Å². The van der Waals surface area contributed by atoms with E-state index in [4.69, 9.17) is 0 Å². The molecule has 0 radical (unpaired) electrons. The smallest absolute Gasteiger partial charge is 0.254 e. The van der Waals surface area contributed by atoms with Crippen LogP contribution in [0.1, 0.15) is 44.0 Å². The van der Waals surface area contributed by atoms with Crippen LogP contribution in [0.25, 0.3) is 0 Å². The molecule has 0 atom stereocenters. The molecule has 8 heteroatoms. The van der Waals surface area contributed by atoms with Crippen molar-refractivity contribution in [2.24, 2.45) is 0 Å². The molecule has 2 aromatic carbocycles. The Morgan fingerprint density at radius 3 is 2.13 bits per heavy atom. The number of aromatic nitrogens is 2. The summed E-state index contributed by atoms with van der Waals surface area (Å²) in [5, 5.41) is 9.47. The summed E-state index contributed by atoms with van der Waals surface area (Å²) in [6.45, 7) is 15.3. The minimum absolute atomic E-state index is 0.104. The lowest BCUT2D eigenvalue weighted by Crippen LogP contribution is -2.49. The summed E-state index contributed by atoms with van der Waals surface area (Å²) in [7, 11) is 0. The molecule has 0 aliphatic carbocycles. The molecule has 2 fully saturated rings. The van der Waals surface area contributed by atoms with E-state index in [1.54, 1.807) is 0 Å². The van der Waals surface area contributed by atoms with Gasteiger partial charge in [0.2, 0.25) is 5.95 Å². The number of para-hydroxylation sites is 1. The van der Waals surface area contributed by atoms with Gasteiger partial charge in [0.05, 0.1) is 11.3 Å². The number of nitriles is 1. The molecule has 0 bridgehead atoms. The summed E-state index contributed by atoms with van der Waals surface area (Å²) in [4.78, 5) is 31.7. The Labute approximate surface area is 231 Å². The lowest BCUT2D eigenvalue weighted by atomic mass is 9.98. The molecule has 1 amide bonds. The monoisotopic (exact) mass is 523 g/mol. The van der Waals surface area contributed by atoms with Crippen molar-refractivity contribution in [3.63, 3.8) is 0 Å². The van der Waals surface area contributed by atoms with Crippen LogP contribution < -0.4 is 9.80 Å². The van der Waals surface area contributed by atoms with Crippen molar-refractivity contribution < 1.29 is 4.79 Å². The van der Waals surface area contributed by atoms with Crippen molar-refractivity contribution in [1.82, 2.24) is 19.8 Å². The molecule has 2 saturated heterocycles. The predicted molar refractivity (Wildman–Crippen MR) is 154 cm³/mol. The Balaban J connectivity index is 1.22. The maximum atomic E-state index is 13.6. The Morgan fingerprint density at radius 1 is 0.821 bits per heavy atom. The maximum absolute atomic E-state index is 13.6. The van der Waals surface area contributed by atoms with E-state index in [0.29, 0.717) is 13.1 Å². The number of rotatable bonds is 5. The fraction of sp³-hybridized carbons (Fsp3) is 0.419. The first-order valence-corrected chi connectivity index (χ1v) is 13.8. The van der Waals surface area contributed by atoms with Crippen molar-refractivity contribution in [3.8, 4) is 6.07 Å². The molecule has 2 aliphatic heterocycles. The third-order valence-electron chi connectivity index (χ3n) is 7.86. The Morgan fingerprint density at radius 2 is 1.46 bits per heavy atom. The number of anilines is 2. The van der Waals surface area contributed by atoms with Crippen molar-refractivity contribution in [2.75, 3.05) is 62.2 Å². The van der Waals surface area contributed by atoms with E-state index >= 15 is 0 Å². The van der Waals surface area contributed by atoms with E-state index in [0.717, 1.165) is 85.5 Å². The average Bonchev–Trinajstić information content (AvgIpc) is 2.94. The largest absolute Gasteiger partial charge is 0.368 e. The minimum atomic E-state index is 0.104. The van der Waals surface area contributed by atoms with Gasteiger partial charge in [-0.1, -0.05) is 18.2 Å². The van der Waals surface area contributed by atoms with Crippen molar-refractivity contribution in [2.45, 2.75) is 34.2 Å². The molecule has 0 N–H and O–H groups in total. The van der Waals surface area contributed by atoms with Gasteiger partial charge < -0.3 is 14.7 Å². The van der Waals surface area contributed by atoms with Crippen LogP contribution in [0.3, 0.4) is 0 Å². The quantitative estimate of drug-likeness (QED) is 0.502. The standard InChI is InChI=1S/C31H37N7O/c1-22-17-23(2)28(30(39)37-13-15-38(16-14-37)31-33-24(3)18-25(4)34-31)19-27(22)21-35-9-11-36(12-10-35)29-8-6-5-7-26(29)20-32/h5-8,17-19H,9-16,21H2,1-4H3. The number of carbonyl (C=O) groups excluding carboxylic acids is 1. The zero-order chi connectivity index (χ0) is 27.5. The number of carbonyl (C=O) groups is 1. The Bertz CT molecular complexity index is 1380. The van der Waals surface area contributed by atoms with Crippen LogP contribution in [0.5, 0.6) is 0 Å². The van der Waals surface area contributed by atoms with Crippen LogP contribution in [0.15, 0.2) is 42.5 Å². The molecule has 3 aromatic rings. The van der Waals surface area contributed by atoms with E-state index in [2.05, 4.69) is 49.8 Å². The van der Waals surface area contributed by atoms with Gasteiger partial charge in [0.1, 0.15) is 6.07 Å². The maximum Gasteiger partial charge on any atom is 0.254 e. The number of amides is 1. The van der Waals surface area contributed by atoms with Gasteiger partial charge in [-0.3, -0.25) is 9.69 Å². The Hall–Kier alpha value is -3.96. The highest BCUT2D eigenvalue weighted by Gasteiger charge is 2.26. The summed E-state index contributed by atoms with van der Waals surface area (Å²) in [5.74, 6) is 0.859.